The van der Waals surface area contributed by atoms with Gasteiger partial charge in [0.15, 0.2) is 6.23 Å². The number of alkyl halides is 3. The quantitative estimate of drug-likeness (QED) is 0.748. The zero-order valence-corrected chi connectivity index (χ0v) is 14.6. The topological polar surface area (TPSA) is 32.7 Å². The number of ether oxygens (including phenoxy) is 1. The molecule has 2 aromatic rings. The maximum absolute atomic E-state index is 13.2. The van der Waals surface area contributed by atoms with Crippen molar-refractivity contribution >= 4 is 11.3 Å². The summed E-state index contributed by atoms with van der Waals surface area (Å²) in [7, 11) is 0. The molecule has 7 heteroatoms. The SMILES string of the molecule is CC1=CC(O)N(c2ccc(OC(F)(F)F)cc2C)C=C1c1ccc(F)cc1. The Bertz CT molecular complexity index is 901. The first-order chi connectivity index (χ1) is 12.6. The van der Waals surface area contributed by atoms with Crippen LogP contribution in [0.5, 0.6) is 5.75 Å². The van der Waals surface area contributed by atoms with Crippen LogP contribution in [-0.2, 0) is 0 Å². The van der Waals surface area contributed by atoms with E-state index in [4.69, 9.17) is 0 Å². The molecule has 0 bridgehead atoms. The van der Waals surface area contributed by atoms with Gasteiger partial charge >= 0.3 is 6.36 Å². The van der Waals surface area contributed by atoms with Crippen molar-refractivity contribution in [2.24, 2.45) is 0 Å². The highest BCUT2D eigenvalue weighted by atomic mass is 19.4. The first-order valence-electron chi connectivity index (χ1n) is 8.13. The molecule has 3 nitrogen and oxygen atoms in total. The molecule has 1 aliphatic rings. The number of rotatable bonds is 3. The van der Waals surface area contributed by atoms with Gasteiger partial charge in [-0.05, 0) is 67.0 Å². The van der Waals surface area contributed by atoms with Crippen molar-refractivity contribution in [1.29, 1.82) is 0 Å². The average Bonchev–Trinajstić information content (AvgIpc) is 2.55. The Hall–Kier alpha value is -2.80. The number of benzene rings is 2. The van der Waals surface area contributed by atoms with Gasteiger partial charge in [0.05, 0.1) is 0 Å². The summed E-state index contributed by atoms with van der Waals surface area (Å²) in [6, 6.07) is 9.84. The molecule has 0 amide bonds. The molecule has 0 saturated heterocycles. The lowest BCUT2D eigenvalue weighted by atomic mass is 9.96. The Morgan fingerprint density at radius 3 is 2.30 bits per heavy atom. The number of aliphatic hydroxyl groups is 1. The molecular weight excluding hydrogens is 362 g/mol. The van der Waals surface area contributed by atoms with Gasteiger partial charge in [-0.3, -0.25) is 0 Å². The molecule has 0 spiro atoms. The first kappa shape index (κ1) is 19.0. The summed E-state index contributed by atoms with van der Waals surface area (Å²) in [6.07, 6.45) is -2.44. The van der Waals surface area contributed by atoms with E-state index in [0.29, 0.717) is 11.3 Å². The molecule has 0 aromatic heterocycles. The minimum Gasteiger partial charge on any atom is -0.406 e. The van der Waals surface area contributed by atoms with Gasteiger partial charge < -0.3 is 14.7 Å². The monoisotopic (exact) mass is 379 g/mol. The van der Waals surface area contributed by atoms with Crippen LogP contribution in [0.25, 0.3) is 5.57 Å². The van der Waals surface area contributed by atoms with E-state index in [2.05, 4.69) is 4.74 Å². The number of hydrogen-bond donors (Lipinski definition) is 1. The third-order valence-electron chi connectivity index (χ3n) is 4.21. The van der Waals surface area contributed by atoms with Crippen molar-refractivity contribution < 1.29 is 27.4 Å². The van der Waals surface area contributed by atoms with E-state index in [9.17, 15) is 22.7 Å². The summed E-state index contributed by atoms with van der Waals surface area (Å²) in [6.45, 7) is 3.45. The van der Waals surface area contributed by atoms with Crippen LogP contribution in [0, 0.1) is 12.7 Å². The Morgan fingerprint density at radius 2 is 1.70 bits per heavy atom. The van der Waals surface area contributed by atoms with Gasteiger partial charge in [-0.2, -0.15) is 0 Å². The molecule has 0 radical (unpaired) electrons. The summed E-state index contributed by atoms with van der Waals surface area (Å²) < 4.78 is 54.3. The molecule has 0 saturated carbocycles. The van der Waals surface area contributed by atoms with E-state index < -0.39 is 12.6 Å². The van der Waals surface area contributed by atoms with Gasteiger partial charge in [-0.15, -0.1) is 13.2 Å². The smallest absolute Gasteiger partial charge is 0.406 e. The normalized spacial score (nSPS) is 17.4. The number of aryl methyl sites for hydroxylation is 1. The van der Waals surface area contributed by atoms with Crippen LogP contribution in [-0.4, -0.2) is 17.7 Å². The standard InChI is InChI=1S/C20H17F4NO2/c1-12-10-19(26)25(11-17(12)14-3-5-15(21)6-4-14)18-8-7-16(9-13(18)2)27-20(22,23)24/h3-11,19,26H,1-2H3. The maximum Gasteiger partial charge on any atom is 0.573 e. The fourth-order valence-corrected chi connectivity index (χ4v) is 2.97. The van der Waals surface area contributed by atoms with Gasteiger partial charge in [0.2, 0.25) is 0 Å². The molecular formula is C20H17F4NO2. The largest absolute Gasteiger partial charge is 0.573 e. The van der Waals surface area contributed by atoms with Gasteiger partial charge in [-0.25, -0.2) is 4.39 Å². The number of allylic oxidation sites excluding steroid dienone is 2. The Morgan fingerprint density at radius 1 is 1.04 bits per heavy atom. The van der Waals surface area contributed by atoms with Crippen LogP contribution in [0.4, 0.5) is 23.2 Å². The van der Waals surface area contributed by atoms with E-state index in [-0.39, 0.29) is 11.6 Å². The minimum absolute atomic E-state index is 0.329. The molecule has 1 N–H and O–H groups in total. The number of hydrogen-bond acceptors (Lipinski definition) is 3. The van der Waals surface area contributed by atoms with Crippen LogP contribution in [0.2, 0.25) is 0 Å². The minimum atomic E-state index is -4.77. The second-order valence-electron chi connectivity index (χ2n) is 6.22. The second-order valence-corrected chi connectivity index (χ2v) is 6.22. The van der Waals surface area contributed by atoms with Crippen LogP contribution in [0.3, 0.4) is 0 Å². The molecule has 1 aliphatic heterocycles. The van der Waals surface area contributed by atoms with Crippen molar-refractivity contribution in [2.75, 3.05) is 4.90 Å². The fourth-order valence-electron chi connectivity index (χ4n) is 2.97. The average molecular weight is 379 g/mol. The Kier molecular flexibility index (Phi) is 4.97. The first-order valence-corrected chi connectivity index (χ1v) is 8.13. The Balaban J connectivity index is 1.96. The Labute approximate surface area is 153 Å². The summed E-state index contributed by atoms with van der Waals surface area (Å²) >= 11 is 0. The second kappa shape index (κ2) is 7.08. The van der Waals surface area contributed by atoms with Crippen LogP contribution < -0.4 is 9.64 Å². The van der Waals surface area contributed by atoms with Crippen molar-refractivity contribution in [3.63, 3.8) is 0 Å². The van der Waals surface area contributed by atoms with Crippen molar-refractivity contribution in [3.8, 4) is 5.75 Å². The lowest BCUT2D eigenvalue weighted by molar-refractivity contribution is -0.274. The van der Waals surface area contributed by atoms with Gasteiger partial charge in [0.25, 0.3) is 0 Å². The predicted molar refractivity (Wildman–Crippen MR) is 94.5 cm³/mol. The lowest BCUT2D eigenvalue weighted by Gasteiger charge is -2.32. The molecule has 142 valence electrons. The van der Waals surface area contributed by atoms with Crippen LogP contribution in [0.15, 0.2) is 60.3 Å². The van der Waals surface area contributed by atoms with E-state index in [1.807, 2.05) is 6.92 Å². The van der Waals surface area contributed by atoms with E-state index >= 15 is 0 Å². The van der Waals surface area contributed by atoms with E-state index in [1.54, 1.807) is 36.2 Å². The molecule has 0 fully saturated rings. The molecule has 3 rings (SSSR count). The van der Waals surface area contributed by atoms with Gasteiger partial charge in [0, 0.05) is 17.5 Å². The highest BCUT2D eigenvalue weighted by molar-refractivity contribution is 5.82. The number of anilines is 1. The third kappa shape index (κ3) is 4.31. The molecule has 1 unspecified atom stereocenters. The molecule has 0 aliphatic carbocycles. The predicted octanol–water partition coefficient (Wildman–Crippen LogP) is 5.16. The number of aliphatic hydroxyl groups excluding tert-OH is 1. The highest BCUT2D eigenvalue weighted by Crippen LogP contribution is 2.35. The summed E-state index contributed by atoms with van der Waals surface area (Å²) in [5, 5.41) is 10.4. The zero-order valence-electron chi connectivity index (χ0n) is 14.6. The maximum atomic E-state index is 13.2. The van der Waals surface area contributed by atoms with Crippen LogP contribution in [0.1, 0.15) is 18.1 Å². The summed E-state index contributed by atoms with van der Waals surface area (Å²) in [5.74, 6) is -0.686. The third-order valence-corrected chi connectivity index (χ3v) is 4.21. The highest BCUT2D eigenvalue weighted by Gasteiger charge is 2.31. The lowest BCUT2D eigenvalue weighted by Crippen LogP contribution is -2.32. The number of nitrogens with zero attached hydrogens (tertiary/aromatic N) is 1. The fraction of sp³-hybridized carbons (Fsp3) is 0.200. The molecule has 2 aromatic carbocycles. The van der Waals surface area contributed by atoms with Crippen molar-refractivity contribution in [1.82, 2.24) is 0 Å². The van der Waals surface area contributed by atoms with Crippen molar-refractivity contribution in [2.45, 2.75) is 26.4 Å². The molecule has 1 heterocycles. The van der Waals surface area contributed by atoms with Crippen molar-refractivity contribution in [3.05, 3.63) is 77.3 Å². The van der Waals surface area contributed by atoms with Gasteiger partial charge in [0.1, 0.15) is 11.6 Å². The van der Waals surface area contributed by atoms with E-state index in [0.717, 1.165) is 16.7 Å². The van der Waals surface area contributed by atoms with Gasteiger partial charge in [-0.1, -0.05) is 12.1 Å². The summed E-state index contributed by atoms with van der Waals surface area (Å²) in [4.78, 5) is 1.54. The van der Waals surface area contributed by atoms with E-state index in [1.165, 1.54) is 30.3 Å². The molecule has 27 heavy (non-hydrogen) atoms. The number of halogens is 4. The zero-order chi connectivity index (χ0) is 19.8. The summed E-state index contributed by atoms with van der Waals surface area (Å²) in [5.41, 5.74) is 3.37. The molecule has 1 atom stereocenters. The van der Waals surface area contributed by atoms with Crippen LogP contribution >= 0.6 is 0 Å².